The first kappa shape index (κ1) is 21.3. The summed E-state index contributed by atoms with van der Waals surface area (Å²) in [4.78, 5) is 27.3. The second-order valence-electron chi connectivity index (χ2n) is 7.18. The number of anilines is 1. The fourth-order valence-electron chi connectivity index (χ4n) is 3.69. The summed E-state index contributed by atoms with van der Waals surface area (Å²) in [5, 5.41) is 22.3. The second-order valence-corrected chi connectivity index (χ2v) is 7.18. The predicted octanol–water partition coefficient (Wildman–Crippen LogP) is 2.98. The molecule has 0 aromatic heterocycles. The monoisotopic (exact) mass is 412 g/mol. The molecule has 2 atom stereocenters. The van der Waals surface area contributed by atoms with Gasteiger partial charge < -0.3 is 16.8 Å². The Morgan fingerprint density at radius 3 is 2.52 bits per heavy atom. The van der Waals surface area contributed by atoms with Crippen LogP contribution in [0.3, 0.4) is 0 Å². The van der Waals surface area contributed by atoms with E-state index in [9.17, 15) is 20.1 Å². The zero-order chi connectivity index (χ0) is 22.5. The van der Waals surface area contributed by atoms with Crippen LogP contribution in [0.2, 0.25) is 0 Å². The van der Waals surface area contributed by atoms with Crippen molar-refractivity contribution < 1.29 is 9.59 Å². The highest BCUT2D eigenvalue weighted by Crippen LogP contribution is 2.37. The number of amides is 3. The van der Waals surface area contributed by atoms with E-state index in [0.717, 1.165) is 5.56 Å². The van der Waals surface area contributed by atoms with E-state index in [-0.39, 0.29) is 0 Å². The minimum Gasteiger partial charge on any atom is -0.366 e. The number of hydrogen-bond donors (Lipinski definition) is 3. The summed E-state index contributed by atoms with van der Waals surface area (Å²) in [5.41, 5.74) is 14.2. The van der Waals surface area contributed by atoms with Crippen LogP contribution in [0.5, 0.6) is 0 Å². The van der Waals surface area contributed by atoms with E-state index in [1.54, 1.807) is 49.4 Å². The summed E-state index contributed by atoms with van der Waals surface area (Å²) in [6.07, 6.45) is 0.359. The topological polar surface area (TPSA) is 158 Å². The van der Waals surface area contributed by atoms with E-state index >= 15 is 0 Å². The lowest BCUT2D eigenvalue weighted by atomic mass is 9.76. The number of carbonyl (C=O) groups is 2. The smallest absolute Gasteiger partial charge is 0.316 e. The molecule has 0 bridgehead atoms. The number of nitrogens with zero attached hydrogens (tertiary/aromatic N) is 3. The highest BCUT2D eigenvalue weighted by Gasteiger charge is 2.34. The average Bonchev–Trinajstić information content (AvgIpc) is 2.73. The first-order valence-electron chi connectivity index (χ1n) is 9.48. The summed E-state index contributed by atoms with van der Waals surface area (Å²) in [7, 11) is 0. The van der Waals surface area contributed by atoms with E-state index in [0.29, 0.717) is 40.2 Å². The number of allylic oxidation sites excluding steroid dienone is 1. The van der Waals surface area contributed by atoms with Gasteiger partial charge in [0.1, 0.15) is 0 Å². The van der Waals surface area contributed by atoms with Crippen molar-refractivity contribution >= 4 is 29.0 Å². The number of rotatable bonds is 5. The molecule has 8 heteroatoms. The standard InChI is InChI=1S/C23H20N6O2/c1-13-19(11-24)18(9-14-4-2-6-16(8-14)22(26)30)20(12-25)21(28-13)15-5-3-7-17(10-15)29-23(27)31/h2-8,10,18-19H,9H2,1H3,(H2,26,30)(H3,27,29,31). The Morgan fingerprint density at radius 2 is 1.87 bits per heavy atom. The highest BCUT2D eigenvalue weighted by molar-refractivity contribution is 5.96. The Bertz CT molecular complexity index is 1200. The molecule has 2 aromatic carbocycles. The molecular weight excluding hydrogens is 392 g/mol. The third kappa shape index (κ3) is 4.60. The molecule has 8 nitrogen and oxygen atoms in total. The van der Waals surface area contributed by atoms with E-state index < -0.39 is 23.8 Å². The molecule has 5 N–H and O–H groups in total. The van der Waals surface area contributed by atoms with Gasteiger partial charge in [-0.1, -0.05) is 24.3 Å². The van der Waals surface area contributed by atoms with Gasteiger partial charge in [0.15, 0.2) is 0 Å². The molecule has 3 amide bonds. The molecule has 154 valence electrons. The SMILES string of the molecule is CC1=NC(c2cccc(NC(N)=O)c2)=C(C#N)C(Cc2cccc(C(N)=O)c2)C1C#N. The summed E-state index contributed by atoms with van der Waals surface area (Å²) in [6.45, 7) is 1.75. The van der Waals surface area contributed by atoms with Crippen molar-refractivity contribution in [3.63, 3.8) is 0 Å². The number of primary amides is 2. The lowest BCUT2D eigenvalue weighted by molar-refractivity contribution is 0.1000. The largest absolute Gasteiger partial charge is 0.366 e. The van der Waals surface area contributed by atoms with E-state index in [1.165, 1.54) is 0 Å². The first-order valence-corrected chi connectivity index (χ1v) is 9.48. The second kappa shape index (κ2) is 8.93. The Hall–Kier alpha value is -4.43. The Labute approximate surface area is 179 Å². The zero-order valence-electron chi connectivity index (χ0n) is 16.8. The number of aliphatic imine (C=N–C) groups is 1. The van der Waals surface area contributed by atoms with Gasteiger partial charge in [0.25, 0.3) is 0 Å². The molecule has 0 saturated carbocycles. The van der Waals surface area contributed by atoms with Crippen LogP contribution in [0.15, 0.2) is 59.1 Å². The quantitative estimate of drug-likeness (QED) is 0.689. The molecular formula is C23H20N6O2. The normalized spacial score (nSPS) is 17.8. The van der Waals surface area contributed by atoms with Crippen molar-refractivity contribution in [2.45, 2.75) is 13.3 Å². The van der Waals surface area contributed by atoms with Crippen LogP contribution in [0.4, 0.5) is 10.5 Å². The van der Waals surface area contributed by atoms with Crippen LogP contribution in [0, 0.1) is 34.5 Å². The number of carbonyl (C=O) groups excluding carboxylic acids is 2. The van der Waals surface area contributed by atoms with Crippen molar-refractivity contribution in [2.24, 2.45) is 28.3 Å². The maximum Gasteiger partial charge on any atom is 0.316 e. The van der Waals surface area contributed by atoms with Crippen LogP contribution in [-0.2, 0) is 6.42 Å². The number of urea groups is 1. The van der Waals surface area contributed by atoms with Gasteiger partial charge in [-0.15, -0.1) is 0 Å². The zero-order valence-corrected chi connectivity index (χ0v) is 16.8. The molecule has 0 spiro atoms. The van der Waals surface area contributed by atoms with E-state index in [2.05, 4.69) is 22.4 Å². The van der Waals surface area contributed by atoms with Crippen LogP contribution < -0.4 is 16.8 Å². The van der Waals surface area contributed by atoms with Gasteiger partial charge in [-0.05, 0) is 43.2 Å². The van der Waals surface area contributed by atoms with Gasteiger partial charge >= 0.3 is 6.03 Å². The lowest BCUT2D eigenvalue weighted by Gasteiger charge is -2.27. The maximum atomic E-state index is 11.5. The third-order valence-electron chi connectivity index (χ3n) is 5.10. The number of nitrogens with two attached hydrogens (primary N) is 2. The molecule has 2 unspecified atom stereocenters. The van der Waals surface area contributed by atoms with Crippen molar-refractivity contribution in [2.75, 3.05) is 5.32 Å². The van der Waals surface area contributed by atoms with Crippen molar-refractivity contribution in [3.8, 4) is 12.1 Å². The minimum atomic E-state index is -0.702. The van der Waals surface area contributed by atoms with Crippen LogP contribution in [0.1, 0.15) is 28.4 Å². The molecule has 1 heterocycles. The Kier molecular flexibility index (Phi) is 6.13. The molecule has 0 fully saturated rings. The predicted molar refractivity (Wildman–Crippen MR) is 117 cm³/mol. The van der Waals surface area contributed by atoms with E-state index in [4.69, 9.17) is 11.5 Å². The molecule has 31 heavy (non-hydrogen) atoms. The molecule has 1 aliphatic heterocycles. The average molecular weight is 412 g/mol. The maximum absolute atomic E-state index is 11.5. The number of benzene rings is 2. The summed E-state index contributed by atoms with van der Waals surface area (Å²) >= 11 is 0. The summed E-state index contributed by atoms with van der Waals surface area (Å²) in [5.74, 6) is -1.60. The fourth-order valence-corrected chi connectivity index (χ4v) is 3.69. The van der Waals surface area contributed by atoms with E-state index in [1.807, 2.05) is 6.07 Å². The molecule has 2 aromatic rings. The Balaban J connectivity index is 2.09. The van der Waals surface area contributed by atoms with Gasteiger partial charge in [-0.3, -0.25) is 9.79 Å². The molecule has 3 rings (SSSR count). The van der Waals surface area contributed by atoms with Gasteiger partial charge in [0.2, 0.25) is 5.91 Å². The van der Waals surface area contributed by atoms with Crippen LogP contribution >= 0.6 is 0 Å². The highest BCUT2D eigenvalue weighted by atomic mass is 16.2. The Morgan fingerprint density at radius 1 is 1.13 bits per heavy atom. The lowest BCUT2D eigenvalue weighted by Crippen LogP contribution is -2.28. The van der Waals surface area contributed by atoms with Crippen molar-refractivity contribution in [3.05, 3.63) is 70.8 Å². The summed E-state index contributed by atoms with van der Waals surface area (Å²) in [6, 6.07) is 17.4. The molecule has 0 aliphatic carbocycles. The van der Waals surface area contributed by atoms with Gasteiger partial charge in [-0.2, -0.15) is 10.5 Å². The van der Waals surface area contributed by atoms with Gasteiger partial charge in [0.05, 0.1) is 29.3 Å². The number of hydrogen-bond acceptors (Lipinski definition) is 5. The van der Waals surface area contributed by atoms with Gasteiger partial charge in [-0.25, -0.2) is 4.79 Å². The molecule has 0 radical (unpaired) electrons. The molecule has 0 saturated heterocycles. The first-order chi connectivity index (χ1) is 14.8. The van der Waals surface area contributed by atoms with Crippen molar-refractivity contribution in [1.82, 2.24) is 0 Å². The number of nitrogens with one attached hydrogen (secondary N) is 1. The molecule has 1 aliphatic rings. The third-order valence-corrected chi connectivity index (χ3v) is 5.10. The van der Waals surface area contributed by atoms with Gasteiger partial charge in [0, 0.05) is 28.4 Å². The van der Waals surface area contributed by atoms with Crippen LogP contribution in [-0.4, -0.2) is 17.6 Å². The van der Waals surface area contributed by atoms with Crippen LogP contribution in [0.25, 0.3) is 5.70 Å². The minimum absolute atomic E-state index is 0.359. The number of nitriles is 2. The van der Waals surface area contributed by atoms with Crippen molar-refractivity contribution in [1.29, 1.82) is 10.5 Å². The summed E-state index contributed by atoms with van der Waals surface area (Å²) < 4.78 is 0. The fraction of sp³-hybridized carbons (Fsp3) is 0.174.